The summed E-state index contributed by atoms with van der Waals surface area (Å²) in [5.41, 5.74) is 0. The molecule has 0 fully saturated rings. The molecule has 1 atom stereocenters. The van der Waals surface area contributed by atoms with Crippen LogP contribution in [0.1, 0.15) is 45.9 Å². The third-order valence-electron chi connectivity index (χ3n) is 3.36. The van der Waals surface area contributed by atoms with Crippen LogP contribution in [0.2, 0.25) is 0 Å². The van der Waals surface area contributed by atoms with Crippen LogP contribution in [0.25, 0.3) is 0 Å². The number of hydrogen-bond acceptors (Lipinski definition) is 2. The highest BCUT2D eigenvalue weighted by atomic mass is 15.1. The lowest BCUT2D eigenvalue weighted by atomic mass is 9.98. The molecule has 0 amide bonds. The van der Waals surface area contributed by atoms with Crippen molar-refractivity contribution in [1.82, 2.24) is 14.9 Å². The highest BCUT2D eigenvalue weighted by Gasteiger charge is 2.11. The summed E-state index contributed by atoms with van der Waals surface area (Å²) in [5, 5.41) is 3.39. The number of imidazole rings is 1. The van der Waals surface area contributed by atoms with Crippen molar-refractivity contribution >= 4 is 0 Å². The normalized spacial score (nSPS) is 13.2. The average Bonchev–Trinajstić information content (AvgIpc) is 2.72. The van der Waals surface area contributed by atoms with Crippen molar-refractivity contribution in [2.45, 2.75) is 59.0 Å². The first-order chi connectivity index (χ1) is 8.19. The van der Waals surface area contributed by atoms with Gasteiger partial charge in [0, 0.05) is 31.4 Å². The molecule has 0 saturated carbocycles. The second-order valence-electron chi connectivity index (χ2n) is 5.07. The fourth-order valence-electron chi connectivity index (χ4n) is 2.30. The third kappa shape index (κ3) is 4.50. The molecule has 0 radical (unpaired) electrons. The monoisotopic (exact) mass is 237 g/mol. The quantitative estimate of drug-likeness (QED) is 0.753. The SMILES string of the molecule is CCCn1ccnc1CCCC(NC)C(C)C. The van der Waals surface area contributed by atoms with Gasteiger partial charge in [-0.25, -0.2) is 4.98 Å². The van der Waals surface area contributed by atoms with E-state index in [1.165, 1.54) is 25.1 Å². The molecule has 1 aromatic heterocycles. The summed E-state index contributed by atoms with van der Waals surface area (Å²) in [6.07, 6.45) is 8.73. The van der Waals surface area contributed by atoms with E-state index >= 15 is 0 Å². The zero-order chi connectivity index (χ0) is 12.7. The predicted octanol–water partition coefficient (Wildman–Crippen LogP) is 2.86. The van der Waals surface area contributed by atoms with E-state index in [-0.39, 0.29) is 0 Å². The van der Waals surface area contributed by atoms with Gasteiger partial charge in [0.1, 0.15) is 5.82 Å². The summed E-state index contributed by atoms with van der Waals surface area (Å²) in [4.78, 5) is 4.44. The Morgan fingerprint density at radius 2 is 2.18 bits per heavy atom. The van der Waals surface area contributed by atoms with Crippen LogP contribution < -0.4 is 5.32 Å². The topological polar surface area (TPSA) is 29.9 Å². The van der Waals surface area contributed by atoms with E-state index in [1.807, 2.05) is 6.20 Å². The molecular formula is C14H27N3. The fourth-order valence-corrected chi connectivity index (χ4v) is 2.30. The molecule has 1 rings (SSSR count). The molecule has 98 valence electrons. The maximum atomic E-state index is 4.44. The summed E-state index contributed by atoms with van der Waals surface area (Å²) in [7, 11) is 2.06. The van der Waals surface area contributed by atoms with Gasteiger partial charge in [0.25, 0.3) is 0 Å². The van der Waals surface area contributed by atoms with Gasteiger partial charge >= 0.3 is 0 Å². The largest absolute Gasteiger partial charge is 0.335 e. The van der Waals surface area contributed by atoms with Crippen LogP contribution in [0, 0.1) is 5.92 Å². The van der Waals surface area contributed by atoms with E-state index in [0.29, 0.717) is 12.0 Å². The van der Waals surface area contributed by atoms with Crippen molar-refractivity contribution in [2.24, 2.45) is 5.92 Å². The molecule has 1 N–H and O–H groups in total. The lowest BCUT2D eigenvalue weighted by Gasteiger charge is -2.19. The summed E-state index contributed by atoms with van der Waals surface area (Å²) < 4.78 is 2.28. The standard InChI is InChI=1S/C14H27N3/c1-5-10-17-11-9-16-14(17)8-6-7-13(15-4)12(2)3/h9,11-13,15H,5-8,10H2,1-4H3. The van der Waals surface area contributed by atoms with Crippen LogP contribution >= 0.6 is 0 Å². The van der Waals surface area contributed by atoms with Gasteiger partial charge < -0.3 is 9.88 Å². The number of aromatic nitrogens is 2. The first-order valence-corrected chi connectivity index (χ1v) is 6.86. The number of rotatable bonds is 8. The molecule has 1 heterocycles. The first kappa shape index (κ1) is 14.2. The Labute approximate surface area is 106 Å². The van der Waals surface area contributed by atoms with Crippen LogP contribution in [0.15, 0.2) is 12.4 Å². The second kappa shape index (κ2) is 7.49. The second-order valence-corrected chi connectivity index (χ2v) is 5.07. The Morgan fingerprint density at radius 1 is 1.41 bits per heavy atom. The predicted molar refractivity (Wildman–Crippen MR) is 73.1 cm³/mol. The maximum Gasteiger partial charge on any atom is 0.108 e. The van der Waals surface area contributed by atoms with E-state index in [9.17, 15) is 0 Å². The van der Waals surface area contributed by atoms with Crippen LogP contribution in [0.5, 0.6) is 0 Å². The molecule has 0 aliphatic heterocycles. The van der Waals surface area contributed by atoms with Gasteiger partial charge in [-0.2, -0.15) is 0 Å². The van der Waals surface area contributed by atoms with Crippen molar-refractivity contribution in [3.05, 3.63) is 18.2 Å². The summed E-state index contributed by atoms with van der Waals surface area (Å²) >= 11 is 0. The molecule has 1 unspecified atom stereocenters. The molecule has 1 aromatic rings. The van der Waals surface area contributed by atoms with Crippen LogP contribution in [0.4, 0.5) is 0 Å². The van der Waals surface area contributed by atoms with Crippen LogP contribution in [-0.4, -0.2) is 22.6 Å². The van der Waals surface area contributed by atoms with E-state index in [0.717, 1.165) is 13.0 Å². The third-order valence-corrected chi connectivity index (χ3v) is 3.36. The highest BCUT2D eigenvalue weighted by Crippen LogP contribution is 2.11. The lowest BCUT2D eigenvalue weighted by Crippen LogP contribution is -2.30. The van der Waals surface area contributed by atoms with Gasteiger partial charge in [-0.05, 0) is 32.2 Å². The summed E-state index contributed by atoms with van der Waals surface area (Å²) in [6, 6.07) is 0.629. The molecule has 3 nitrogen and oxygen atoms in total. The van der Waals surface area contributed by atoms with Crippen molar-refractivity contribution in [3.8, 4) is 0 Å². The molecule has 0 spiro atoms. The van der Waals surface area contributed by atoms with Crippen molar-refractivity contribution in [2.75, 3.05) is 7.05 Å². The van der Waals surface area contributed by atoms with Gasteiger partial charge in [-0.3, -0.25) is 0 Å². The van der Waals surface area contributed by atoms with E-state index in [1.54, 1.807) is 0 Å². The minimum Gasteiger partial charge on any atom is -0.335 e. The van der Waals surface area contributed by atoms with Gasteiger partial charge in [-0.15, -0.1) is 0 Å². The number of nitrogens with zero attached hydrogens (tertiary/aromatic N) is 2. The summed E-state index contributed by atoms with van der Waals surface area (Å²) in [6.45, 7) is 7.85. The van der Waals surface area contributed by atoms with E-state index in [2.05, 4.69) is 48.9 Å². The molecule has 0 aromatic carbocycles. The lowest BCUT2D eigenvalue weighted by molar-refractivity contribution is 0.391. The molecular weight excluding hydrogens is 210 g/mol. The zero-order valence-electron chi connectivity index (χ0n) is 11.7. The van der Waals surface area contributed by atoms with Crippen LogP contribution in [0.3, 0.4) is 0 Å². The Hall–Kier alpha value is -0.830. The molecule has 3 heteroatoms. The number of aryl methyl sites for hydroxylation is 2. The van der Waals surface area contributed by atoms with Crippen molar-refractivity contribution < 1.29 is 0 Å². The Morgan fingerprint density at radius 3 is 2.76 bits per heavy atom. The van der Waals surface area contributed by atoms with E-state index in [4.69, 9.17) is 0 Å². The Bertz CT molecular complexity index is 304. The Kier molecular flexibility index (Phi) is 6.27. The van der Waals surface area contributed by atoms with Gasteiger partial charge in [0.2, 0.25) is 0 Å². The Balaban J connectivity index is 2.37. The molecule has 0 saturated heterocycles. The van der Waals surface area contributed by atoms with Gasteiger partial charge in [0.15, 0.2) is 0 Å². The zero-order valence-corrected chi connectivity index (χ0v) is 11.7. The van der Waals surface area contributed by atoms with Crippen molar-refractivity contribution in [1.29, 1.82) is 0 Å². The number of nitrogens with one attached hydrogen (secondary N) is 1. The molecule has 17 heavy (non-hydrogen) atoms. The average molecular weight is 237 g/mol. The highest BCUT2D eigenvalue weighted by molar-refractivity contribution is 4.92. The minimum absolute atomic E-state index is 0.629. The first-order valence-electron chi connectivity index (χ1n) is 6.86. The minimum atomic E-state index is 0.629. The van der Waals surface area contributed by atoms with Crippen LogP contribution in [-0.2, 0) is 13.0 Å². The van der Waals surface area contributed by atoms with Crippen molar-refractivity contribution in [3.63, 3.8) is 0 Å². The maximum absolute atomic E-state index is 4.44. The molecule has 0 aliphatic carbocycles. The smallest absolute Gasteiger partial charge is 0.108 e. The van der Waals surface area contributed by atoms with E-state index < -0.39 is 0 Å². The number of hydrogen-bond donors (Lipinski definition) is 1. The molecule has 0 aliphatic rings. The van der Waals surface area contributed by atoms with Gasteiger partial charge in [0.05, 0.1) is 0 Å². The fraction of sp³-hybridized carbons (Fsp3) is 0.786. The summed E-state index contributed by atoms with van der Waals surface area (Å²) in [5.74, 6) is 1.95. The van der Waals surface area contributed by atoms with Gasteiger partial charge in [-0.1, -0.05) is 20.8 Å². The molecule has 0 bridgehead atoms.